The summed E-state index contributed by atoms with van der Waals surface area (Å²) in [5.74, 6) is 6.47. The van der Waals surface area contributed by atoms with Crippen molar-refractivity contribution in [2.24, 2.45) is 5.84 Å². The van der Waals surface area contributed by atoms with Gasteiger partial charge in [0, 0.05) is 18.4 Å². The molecule has 1 atom stereocenters. The summed E-state index contributed by atoms with van der Waals surface area (Å²) in [5.41, 5.74) is 4.89. The van der Waals surface area contributed by atoms with Gasteiger partial charge in [-0.3, -0.25) is 20.9 Å². The van der Waals surface area contributed by atoms with Gasteiger partial charge in [0.1, 0.15) is 0 Å². The smallest absolute Gasteiger partial charge is 0.161 e. The fourth-order valence-electron chi connectivity index (χ4n) is 2.28. The Balaban J connectivity index is 2.13. The third kappa shape index (κ3) is 3.15. The second-order valence-corrected chi connectivity index (χ2v) is 4.49. The van der Waals surface area contributed by atoms with Crippen LogP contribution >= 0.6 is 0 Å². The summed E-state index contributed by atoms with van der Waals surface area (Å²) in [5, 5.41) is 4.31. The van der Waals surface area contributed by atoms with Crippen LogP contribution in [0.2, 0.25) is 0 Å². The monoisotopic (exact) mass is 275 g/mol. The van der Waals surface area contributed by atoms with Crippen molar-refractivity contribution in [2.75, 3.05) is 7.11 Å². The summed E-state index contributed by atoms with van der Waals surface area (Å²) in [6, 6.07) is 5.90. The largest absolute Gasteiger partial charge is 0.493 e. The van der Waals surface area contributed by atoms with Crippen molar-refractivity contribution in [3.63, 3.8) is 0 Å². The number of nitrogens with one attached hydrogen (secondary N) is 1. The van der Waals surface area contributed by atoms with Crippen LogP contribution < -0.4 is 16.0 Å². The topological polar surface area (TPSA) is 78.0 Å². The highest BCUT2D eigenvalue weighted by molar-refractivity contribution is 5.28. The van der Waals surface area contributed by atoms with Crippen LogP contribution in [0.4, 0.5) is 0 Å². The van der Waals surface area contributed by atoms with Gasteiger partial charge in [-0.1, -0.05) is 6.07 Å². The lowest BCUT2D eigenvalue weighted by atomic mass is 10.1. The normalized spacial score (nSPS) is 12.3. The molecule has 0 aliphatic rings. The number of hydrogen-bond donors (Lipinski definition) is 2. The molecule has 0 bridgehead atoms. The number of nitrogens with zero attached hydrogens (tertiary/aromatic N) is 3. The lowest BCUT2D eigenvalue weighted by Gasteiger charge is -2.18. The number of pyridine rings is 1. The average Bonchev–Trinajstić information content (AvgIpc) is 2.92. The summed E-state index contributed by atoms with van der Waals surface area (Å²) >= 11 is 0. The van der Waals surface area contributed by atoms with E-state index in [0.717, 1.165) is 36.5 Å². The summed E-state index contributed by atoms with van der Waals surface area (Å²) in [4.78, 5) is 4.33. The average molecular weight is 275 g/mol. The summed E-state index contributed by atoms with van der Waals surface area (Å²) in [6.45, 7) is 2.82. The number of hydrazine groups is 1. The molecular weight excluding hydrogens is 254 g/mol. The quantitative estimate of drug-likeness (QED) is 0.590. The third-order valence-corrected chi connectivity index (χ3v) is 3.31. The minimum atomic E-state index is -0.0191. The van der Waals surface area contributed by atoms with Gasteiger partial charge in [-0.05, 0) is 31.9 Å². The number of nitrogens with two attached hydrogens (primary N) is 1. The molecular formula is C14H21N5O. The maximum absolute atomic E-state index is 5.71. The summed E-state index contributed by atoms with van der Waals surface area (Å²) in [6.07, 6.45) is 5.20. The minimum absolute atomic E-state index is 0.0191. The van der Waals surface area contributed by atoms with Crippen LogP contribution in [0.25, 0.3) is 0 Å². The molecule has 2 heterocycles. The summed E-state index contributed by atoms with van der Waals surface area (Å²) < 4.78 is 7.27. The molecule has 0 spiro atoms. The van der Waals surface area contributed by atoms with Crippen LogP contribution in [0.5, 0.6) is 5.75 Å². The molecule has 0 amide bonds. The lowest BCUT2D eigenvalue weighted by Crippen LogP contribution is -2.30. The van der Waals surface area contributed by atoms with Crippen LogP contribution in [-0.2, 0) is 13.0 Å². The van der Waals surface area contributed by atoms with Gasteiger partial charge in [0.15, 0.2) is 5.75 Å². The van der Waals surface area contributed by atoms with Gasteiger partial charge in [-0.25, -0.2) is 0 Å². The Morgan fingerprint density at radius 1 is 1.45 bits per heavy atom. The van der Waals surface area contributed by atoms with Crippen LogP contribution in [-0.4, -0.2) is 21.9 Å². The molecule has 108 valence electrons. The lowest BCUT2D eigenvalue weighted by molar-refractivity contribution is 0.386. The van der Waals surface area contributed by atoms with E-state index in [1.165, 1.54) is 0 Å². The SMILES string of the molecule is CCn1ncc(OC)c1C(CCc1ccccn1)NN. The highest BCUT2D eigenvalue weighted by atomic mass is 16.5. The molecule has 0 saturated heterocycles. The zero-order valence-corrected chi connectivity index (χ0v) is 11.9. The van der Waals surface area contributed by atoms with E-state index in [0.29, 0.717) is 0 Å². The van der Waals surface area contributed by atoms with Crippen molar-refractivity contribution in [1.82, 2.24) is 20.2 Å². The van der Waals surface area contributed by atoms with Crippen LogP contribution in [0, 0.1) is 0 Å². The van der Waals surface area contributed by atoms with Gasteiger partial charge in [-0.15, -0.1) is 0 Å². The van der Waals surface area contributed by atoms with Crippen molar-refractivity contribution in [1.29, 1.82) is 0 Å². The molecule has 2 rings (SSSR count). The predicted molar refractivity (Wildman–Crippen MR) is 77.1 cm³/mol. The maximum atomic E-state index is 5.71. The van der Waals surface area contributed by atoms with Crippen LogP contribution in [0.3, 0.4) is 0 Å². The number of aryl methyl sites for hydroxylation is 2. The fraction of sp³-hybridized carbons (Fsp3) is 0.429. The molecule has 2 aromatic rings. The zero-order chi connectivity index (χ0) is 14.4. The Morgan fingerprint density at radius 3 is 2.90 bits per heavy atom. The van der Waals surface area contributed by atoms with Gasteiger partial charge >= 0.3 is 0 Å². The Hall–Kier alpha value is -1.92. The highest BCUT2D eigenvalue weighted by Crippen LogP contribution is 2.27. The van der Waals surface area contributed by atoms with E-state index >= 15 is 0 Å². The van der Waals surface area contributed by atoms with Crippen molar-refractivity contribution < 1.29 is 4.74 Å². The van der Waals surface area contributed by atoms with Crippen molar-refractivity contribution >= 4 is 0 Å². The second-order valence-electron chi connectivity index (χ2n) is 4.49. The standard InChI is InChI=1S/C14H21N5O/c1-3-19-14(13(20-2)10-17-19)12(18-15)8-7-11-6-4-5-9-16-11/h4-6,9-10,12,18H,3,7-8,15H2,1-2H3. The first-order valence-corrected chi connectivity index (χ1v) is 6.75. The second kappa shape index (κ2) is 7.02. The Morgan fingerprint density at radius 2 is 2.30 bits per heavy atom. The third-order valence-electron chi connectivity index (χ3n) is 3.31. The molecule has 3 N–H and O–H groups in total. The van der Waals surface area contributed by atoms with Gasteiger partial charge < -0.3 is 4.74 Å². The van der Waals surface area contributed by atoms with Crippen LogP contribution in [0.1, 0.15) is 30.8 Å². The fourth-order valence-corrected chi connectivity index (χ4v) is 2.28. The molecule has 20 heavy (non-hydrogen) atoms. The number of aromatic nitrogens is 3. The first kappa shape index (κ1) is 14.5. The van der Waals surface area contributed by atoms with E-state index in [4.69, 9.17) is 10.6 Å². The highest BCUT2D eigenvalue weighted by Gasteiger charge is 2.20. The number of rotatable bonds is 7. The van der Waals surface area contributed by atoms with E-state index in [1.54, 1.807) is 19.5 Å². The predicted octanol–water partition coefficient (Wildman–Crippen LogP) is 1.44. The molecule has 0 saturated carbocycles. The van der Waals surface area contributed by atoms with Crippen LogP contribution in [0.15, 0.2) is 30.6 Å². The van der Waals surface area contributed by atoms with E-state index in [-0.39, 0.29) is 6.04 Å². The molecule has 1 unspecified atom stereocenters. The van der Waals surface area contributed by atoms with E-state index < -0.39 is 0 Å². The first-order chi connectivity index (χ1) is 9.80. The molecule has 6 nitrogen and oxygen atoms in total. The molecule has 0 radical (unpaired) electrons. The molecule has 0 fully saturated rings. The van der Waals surface area contributed by atoms with E-state index in [9.17, 15) is 0 Å². The van der Waals surface area contributed by atoms with Crippen molar-refractivity contribution in [3.05, 3.63) is 42.0 Å². The van der Waals surface area contributed by atoms with Crippen molar-refractivity contribution in [2.45, 2.75) is 32.4 Å². The van der Waals surface area contributed by atoms with E-state index in [2.05, 4.69) is 15.5 Å². The van der Waals surface area contributed by atoms with Gasteiger partial charge in [0.2, 0.25) is 0 Å². The molecule has 2 aromatic heterocycles. The molecule has 0 aromatic carbocycles. The summed E-state index contributed by atoms with van der Waals surface area (Å²) in [7, 11) is 1.65. The first-order valence-electron chi connectivity index (χ1n) is 6.75. The number of ether oxygens (including phenoxy) is 1. The molecule has 0 aliphatic heterocycles. The zero-order valence-electron chi connectivity index (χ0n) is 11.9. The van der Waals surface area contributed by atoms with Crippen molar-refractivity contribution in [3.8, 4) is 5.75 Å². The van der Waals surface area contributed by atoms with Gasteiger partial charge in [-0.2, -0.15) is 5.10 Å². The van der Waals surface area contributed by atoms with E-state index in [1.807, 2.05) is 29.8 Å². The Bertz CT molecular complexity index is 504. The number of methoxy groups -OCH3 is 1. The maximum Gasteiger partial charge on any atom is 0.161 e. The molecule has 0 aliphatic carbocycles. The Labute approximate surface area is 118 Å². The van der Waals surface area contributed by atoms with Gasteiger partial charge in [0.05, 0.1) is 25.0 Å². The molecule has 6 heteroatoms. The van der Waals surface area contributed by atoms with Gasteiger partial charge in [0.25, 0.3) is 0 Å². The Kier molecular flexibility index (Phi) is 5.09. The minimum Gasteiger partial charge on any atom is -0.493 e. The number of hydrogen-bond acceptors (Lipinski definition) is 5.